The van der Waals surface area contributed by atoms with E-state index < -0.39 is 0 Å². The molecule has 38 heavy (non-hydrogen) atoms. The van der Waals surface area contributed by atoms with Crippen LogP contribution in [0.25, 0.3) is 11.6 Å². The van der Waals surface area contributed by atoms with Crippen molar-refractivity contribution in [3.05, 3.63) is 77.5 Å². The number of hydrogen-bond donors (Lipinski definition) is 1. The second kappa shape index (κ2) is 11.6. The molecule has 3 aromatic rings. The average Bonchev–Trinajstić information content (AvgIpc) is 3.52. The first-order valence-corrected chi connectivity index (χ1v) is 14.3. The molecule has 0 amide bonds. The van der Waals surface area contributed by atoms with Crippen LogP contribution >= 0.6 is 0 Å². The van der Waals surface area contributed by atoms with E-state index in [1.54, 1.807) is 7.11 Å². The second-order valence-corrected chi connectivity index (χ2v) is 10.9. The Morgan fingerprint density at radius 2 is 1.79 bits per heavy atom. The summed E-state index contributed by atoms with van der Waals surface area (Å²) in [5.41, 5.74) is 5.04. The number of ether oxygens (including phenoxy) is 1. The zero-order valence-corrected chi connectivity index (χ0v) is 22.5. The summed E-state index contributed by atoms with van der Waals surface area (Å²) in [5.74, 6) is 2.88. The standard InChI is InChI=1S/C32H39N5O/c1-38-30-13-7-10-25(21-30)27-20-26-22-34-32(35-31(26)37(23-27)29-11-5-6-12-29)36-18-15-28(16-19-36)33-17-14-24-8-3-2-4-9-24/h2-4,7-10,13,20-22,28-29,33H,5-6,11-12,14-19,23H2,1H3. The van der Waals surface area contributed by atoms with E-state index in [1.807, 2.05) is 12.3 Å². The van der Waals surface area contributed by atoms with E-state index in [0.29, 0.717) is 12.1 Å². The molecule has 2 fully saturated rings. The summed E-state index contributed by atoms with van der Waals surface area (Å²) >= 11 is 0. The van der Waals surface area contributed by atoms with E-state index in [4.69, 9.17) is 14.7 Å². The van der Waals surface area contributed by atoms with Gasteiger partial charge in [0, 0.05) is 43.5 Å². The zero-order chi connectivity index (χ0) is 25.7. The monoisotopic (exact) mass is 509 g/mol. The van der Waals surface area contributed by atoms with Crippen LogP contribution in [-0.2, 0) is 6.42 Å². The highest BCUT2D eigenvalue weighted by Crippen LogP contribution is 2.38. The van der Waals surface area contributed by atoms with Crippen LogP contribution in [0.3, 0.4) is 0 Å². The molecule has 198 valence electrons. The molecule has 6 heteroatoms. The first kappa shape index (κ1) is 24.9. The van der Waals surface area contributed by atoms with Crippen molar-refractivity contribution in [3.8, 4) is 5.75 Å². The Morgan fingerprint density at radius 1 is 0.974 bits per heavy atom. The molecule has 1 aliphatic carbocycles. The van der Waals surface area contributed by atoms with Gasteiger partial charge < -0.3 is 19.9 Å². The second-order valence-electron chi connectivity index (χ2n) is 10.9. The fourth-order valence-corrected chi connectivity index (χ4v) is 6.21. The summed E-state index contributed by atoms with van der Waals surface area (Å²) < 4.78 is 5.50. The van der Waals surface area contributed by atoms with Crippen molar-refractivity contribution in [2.45, 2.75) is 57.0 Å². The summed E-state index contributed by atoms with van der Waals surface area (Å²) in [6.07, 6.45) is 12.7. The van der Waals surface area contributed by atoms with Gasteiger partial charge >= 0.3 is 0 Å². The Kier molecular flexibility index (Phi) is 7.59. The number of nitrogens with zero attached hydrogens (tertiary/aromatic N) is 4. The lowest BCUT2D eigenvalue weighted by Gasteiger charge is -2.37. The molecule has 0 radical (unpaired) electrons. The molecule has 1 saturated carbocycles. The lowest BCUT2D eigenvalue weighted by molar-refractivity contribution is 0.414. The summed E-state index contributed by atoms with van der Waals surface area (Å²) in [7, 11) is 1.73. The molecule has 0 bridgehead atoms. The Bertz CT molecular complexity index is 1250. The van der Waals surface area contributed by atoms with E-state index in [9.17, 15) is 0 Å². The smallest absolute Gasteiger partial charge is 0.227 e. The number of nitrogens with one attached hydrogen (secondary N) is 1. The molecule has 0 unspecified atom stereocenters. The van der Waals surface area contributed by atoms with Gasteiger partial charge in [-0.2, -0.15) is 4.98 Å². The van der Waals surface area contributed by atoms with Gasteiger partial charge in [-0.1, -0.05) is 55.3 Å². The molecule has 3 aliphatic rings. The number of methoxy groups -OCH3 is 1. The molecule has 1 aromatic heterocycles. The van der Waals surface area contributed by atoms with Crippen molar-refractivity contribution < 1.29 is 4.74 Å². The largest absolute Gasteiger partial charge is 0.497 e. The quantitative estimate of drug-likeness (QED) is 0.427. The molecule has 1 N–H and O–H groups in total. The third-order valence-electron chi connectivity index (χ3n) is 8.40. The lowest BCUT2D eigenvalue weighted by atomic mass is 9.98. The molecule has 1 saturated heterocycles. The summed E-state index contributed by atoms with van der Waals surface area (Å²) in [6, 6.07) is 20.3. The Hall–Kier alpha value is -3.38. The maximum atomic E-state index is 5.50. The average molecular weight is 510 g/mol. The molecule has 6 nitrogen and oxygen atoms in total. The van der Waals surface area contributed by atoms with E-state index in [0.717, 1.165) is 68.5 Å². The maximum absolute atomic E-state index is 5.50. The molecular formula is C32H39N5O. The highest BCUT2D eigenvalue weighted by molar-refractivity contribution is 5.90. The van der Waals surface area contributed by atoms with Crippen LogP contribution in [0.1, 0.15) is 55.2 Å². The first-order chi connectivity index (χ1) is 18.8. The fraction of sp³-hybridized carbons (Fsp3) is 0.438. The van der Waals surface area contributed by atoms with Crippen LogP contribution in [0.4, 0.5) is 11.8 Å². The molecule has 0 spiro atoms. The number of anilines is 2. The normalized spacial score (nSPS) is 18.4. The molecule has 6 rings (SSSR count). The van der Waals surface area contributed by atoms with Gasteiger partial charge in [-0.15, -0.1) is 0 Å². The summed E-state index contributed by atoms with van der Waals surface area (Å²) in [5, 5.41) is 3.77. The fourth-order valence-electron chi connectivity index (χ4n) is 6.21. The maximum Gasteiger partial charge on any atom is 0.227 e. The number of piperidine rings is 1. The van der Waals surface area contributed by atoms with Gasteiger partial charge in [0.15, 0.2) is 0 Å². The van der Waals surface area contributed by atoms with Crippen molar-refractivity contribution in [2.24, 2.45) is 0 Å². The predicted molar refractivity (Wildman–Crippen MR) is 156 cm³/mol. The number of fused-ring (bicyclic) bond motifs is 1. The van der Waals surface area contributed by atoms with Gasteiger partial charge in [-0.05, 0) is 73.6 Å². The highest BCUT2D eigenvalue weighted by atomic mass is 16.5. The number of hydrogen-bond acceptors (Lipinski definition) is 6. The lowest BCUT2D eigenvalue weighted by Crippen LogP contribution is -2.44. The minimum absolute atomic E-state index is 0.547. The zero-order valence-electron chi connectivity index (χ0n) is 22.5. The van der Waals surface area contributed by atoms with Crippen molar-refractivity contribution in [1.82, 2.24) is 15.3 Å². The third kappa shape index (κ3) is 5.56. The van der Waals surface area contributed by atoms with Gasteiger partial charge in [-0.3, -0.25) is 0 Å². The number of benzene rings is 2. The van der Waals surface area contributed by atoms with Crippen molar-refractivity contribution >= 4 is 23.4 Å². The van der Waals surface area contributed by atoms with Crippen molar-refractivity contribution in [1.29, 1.82) is 0 Å². The van der Waals surface area contributed by atoms with Gasteiger partial charge in [0.2, 0.25) is 5.95 Å². The Balaban J connectivity index is 1.15. The first-order valence-electron chi connectivity index (χ1n) is 14.3. The van der Waals surface area contributed by atoms with Crippen LogP contribution in [-0.4, -0.2) is 55.3 Å². The SMILES string of the molecule is COc1cccc(C2=Cc3cnc(N4CCC(NCCc5ccccc5)CC4)nc3N(C3CCCC3)C2)c1. The molecule has 0 atom stereocenters. The van der Waals surface area contributed by atoms with E-state index in [-0.39, 0.29) is 0 Å². The van der Waals surface area contributed by atoms with E-state index in [1.165, 1.54) is 42.4 Å². The van der Waals surface area contributed by atoms with Gasteiger partial charge in [0.25, 0.3) is 0 Å². The molecule has 2 aliphatic heterocycles. The molecule has 3 heterocycles. The minimum atomic E-state index is 0.547. The van der Waals surface area contributed by atoms with Gasteiger partial charge in [0.05, 0.1) is 7.11 Å². The summed E-state index contributed by atoms with van der Waals surface area (Å²) in [4.78, 5) is 15.0. The highest BCUT2D eigenvalue weighted by Gasteiger charge is 2.30. The Morgan fingerprint density at radius 3 is 2.58 bits per heavy atom. The van der Waals surface area contributed by atoms with Crippen LogP contribution in [0, 0.1) is 0 Å². The molecular weight excluding hydrogens is 470 g/mol. The van der Waals surface area contributed by atoms with Gasteiger partial charge in [-0.25, -0.2) is 4.98 Å². The number of rotatable bonds is 8. The third-order valence-corrected chi connectivity index (χ3v) is 8.40. The number of aromatic nitrogens is 2. The van der Waals surface area contributed by atoms with Crippen molar-refractivity contribution in [2.75, 3.05) is 43.1 Å². The minimum Gasteiger partial charge on any atom is -0.497 e. The van der Waals surface area contributed by atoms with E-state index >= 15 is 0 Å². The van der Waals surface area contributed by atoms with Crippen LogP contribution in [0.15, 0.2) is 60.8 Å². The Labute approximate surface area is 226 Å². The molecule has 2 aromatic carbocycles. The van der Waals surface area contributed by atoms with Crippen LogP contribution in [0.2, 0.25) is 0 Å². The van der Waals surface area contributed by atoms with Crippen molar-refractivity contribution in [3.63, 3.8) is 0 Å². The predicted octanol–water partition coefficient (Wildman–Crippen LogP) is 5.59. The summed E-state index contributed by atoms with van der Waals surface area (Å²) in [6.45, 7) is 3.91. The topological polar surface area (TPSA) is 53.5 Å². The van der Waals surface area contributed by atoms with Crippen LogP contribution < -0.4 is 19.9 Å². The van der Waals surface area contributed by atoms with Gasteiger partial charge in [0.1, 0.15) is 11.6 Å². The van der Waals surface area contributed by atoms with Crippen LogP contribution in [0.5, 0.6) is 5.75 Å². The van der Waals surface area contributed by atoms with E-state index in [2.05, 4.69) is 69.7 Å².